The molecule has 0 spiro atoms. The fraction of sp³-hybridized carbons (Fsp3) is 0.176. The van der Waals surface area contributed by atoms with Crippen LogP contribution in [0.25, 0.3) is 0 Å². The number of carboxylic acid groups (broad SMARTS) is 1. The number of carboxylic acids is 1. The molecule has 1 N–H and O–H groups in total. The SMILES string of the molecule is N#C[C@]1(C(=O)O)[C@H](c2ccccc2)[C@H]1S(=O)(=O)c1ccc(Cl)cc1. The molecule has 0 heterocycles. The Labute approximate surface area is 144 Å². The van der Waals surface area contributed by atoms with E-state index in [0.29, 0.717) is 10.6 Å². The highest BCUT2D eigenvalue weighted by molar-refractivity contribution is 7.92. The highest BCUT2D eigenvalue weighted by Crippen LogP contribution is 2.63. The lowest BCUT2D eigenvalue weighted by atomic mass is 10.0. The molecular weight excluding hydrogens is 350 g/mol. The number of rotatable bonds is 4. The van der Waals surface area contributed by atoms with Crippen molar-refractivity contribution in [3.63, 3.8) is 0 Å². The van der Waals surface area contributed by atoms with Crippen LogP contribution < -0.4 is 0 Å². The molecule has 0 aromatic heterocycles. The maximum atomic E-state index is 12.9. The Balaban J connectivity index is 2.13. The third-order valence-electron chi connectivity index (χ3n) is 4.31. The molecule has 0 bridgehead atoms. The molecule has 3 atom stereocenters. The highest BCUT2D eigenvalue weighted by Gasteiger charge is 2.77. The molecule has 7 heteroatoms. The summed E-state index contributed by atoms with van der Waals surface area (Å²) in [5, 5.41) is 18.1. The maximum Gasteiger partial charge on any atom is 0.326 e. The summed E-state index contributed by atoms with van der Waals surface area (Å²) in [6, 6.07) is 15.6. The maximum absolute atomic E-state index is 12.9. The number of hydrogen-bond donors (Lipinski definition) is 1. The van der Waals surface area contributed by atoms with Gasteiger partial charge in [0.25, 0.3) is 0 Å². The molecule has 1 aliphatic carbocycles. The Morgan fingerprint density at radius 1 is 1.12 bits per heavy atom. The zero-order valence-electron chi connectivity index (χ0n) is 12.3. The molecular formula is C17H12ClNO4S. The third kappa shape index (κ3) is 2.29. The van der Waals surface area contributed by atoms with Crippen molar-refractivity contribution in [1.29, 1.82) is 5.26 Å². The second-order valence-corrected chi connectivity index (χ2v) is 8.10. The first-order chi connectivity index (χ1) is 11.4. The fourth-order valence-corrected chi connectivity index (χ4v) is 5.46. The molecule has 122 valence electrons. The molecule has 2 aromatic rings. The van der Waals surface area contributed by atoms with Crippen molar-refractivity contribution < 1.29 is 18.3 Å². The van der Waals surface area contributed by atoms with Crippen LogP contribution in [-0.2, 0) is 14.6 Å². The molecule has 24 heavy (non-hydrogen) atoms. The summed E-state index contributed by atoms with van der Waals surface area (Å²) >= 11 is 5.77. The molecule has 1 aliphatic rings. The Kier molecular flexibility index (Phi) is 3.86. The Bertz CT molecular complexity index is 935. The van der Waals surface area contributed by atoms with E-state index < -0.39 is 32.4 Å². The molecule has 0 saturated heterocycles. The molecule has 3 rings (SSSR count). The largest absolute Gasteiger partial charge is 0.480 e. The minimum Gasteiger partial charge on any atom is -0.480 e. The first-order valence-electron chi connectivity index (χ1n) is 7.04. The second-order valence-electron chi connectivity index (χ2n) is 5.59. The lowest BCUT2D eigenvalue weighted by Crippen LogP contribution is -2.22. The van der Waals surface area contributed by atoms with Gasteiger partial charge in [0.1, 0.15) is 5.25 Å². The molecule has 1 fully saturated rings. The van der Waals surface area contributed by atoms with E-state index in [4.69, 9.17) is 11.6 Å². The Morgan fingerprint density at radius 3 is 2.21 bits per heavy atom. The van der Waals surface area contributed by atoms with Gasteiger partial charge in [-0.3, -0.25) is 4.79 Å². The number of nitriles is 1. The van der Waals surface area contributed by atoms with Crippen LogP contribution in [0.1, 0.15) is 11.5 Å². The van der Waals surface area contributed by atoms with Crippen molar-refractivity contribution in [2.75, 3.05) is 0 Å². The van der Waals surface area contributed by atoms with Gasteiger partial charge in [0.2, 0.25) is 0 Å². The monoisotopic (exact) mass is 361 g/mol. The van der Waals surface area contributed by atoms with Crippen LogP contribution in [-0.4, -0.2) is 24.7 Å². The Hall–Kier alpha value is -2.36. The van der Waals surface area contributed by atoms with Crippen LogP contribution in [0.15, 0.2) is 59.5 Å². The van der Waals surface area contributed by atoms with Gasteiger partial charge in [-0.25, -0.2) is 8.42 Å². The standard InChI is InChI=1S/C17H12ClNO4S/c18-12-6-8-13(9-7-12)24(22,23)15-14(11-4-2-1-3-5-11)17(15,10-19)16(20)21/h1-9,14-15H,(H,20,21)/t14-,15-,17+/m1/s1. The summed E-state index contributed by atoms with van der Waals surface area (Å²) in [5.74, 6) is -2.34. The van der Waals surface area contributed by atoms with Gasteiger partial charge in [-0.2, -0.15) is 5.26 Å². The summed E-state index contributed by atoms with van der Waals surface area (Å²) < 4.78 is 25.8. The Morgan fingerprint density at radius 2 is 1.71 bits per heavy atom. The molecule has 0 unspecified atom stereocenters. The molecule has 0 radical (unpaired) electrons. The summed E-state index contributed by atoms with van der Waals surface area (Å²) in [5.41, 5.74) is -1.47. The van der Waals surface area contributed by atoms with Crippen LogP contribution in [0.3, 0.4) is 0 Å². The molecule has 5 nitrogen and oxygen atoms in total. The van der Waals surface area contributed by atoms with Gasteiger partial charge in [0.15, 0.2) is 15.3 Å². The van der Waals surface area contributed by atoms with Gasteiger partial charge in [-0.05, 0) is 29.8 Å². The topological polar surface area (TPSA) is 95.2 Å². The van der Waals surface area contributed by atoms with Crippen molar-refractivity contribution in [2.24, 2.45) is 5.41 Å². The number of halogens is 1. The van der Waals surface area contributed by atoms with Gasteiger partial charge < -0.3 is 5.11 Å². The minimum atomic E-state index is -4.01. The number of sulfone groups is 1. The zero-order chi connectivity index (χ0) is 17.5. The van der Waals surface area contributed by atoms with Crippen molar-refractivity contribution in [1.82, 2.24) is 0 Å². The minimum absolute atomic E-state index is 0.0452. The van der Waals surface area contributed by atoms with E-state index in [0.717, 1.165) is 0 Å². The van der Waals surface area contributed by atoms with Crippen LogP contribution in [0.5, 0.6) is 0 Å². The predicted molar refractivity (Wildman–Crippen MR) is 87.3 cm³/mol. The van der Waals surface area contributed by atoms with Gasteiger partial charge in [-0.15, -0.1) is 0 Å². The summed E-state index contributed by atoms with van der Waals surface area (Å²) in [6.07, 6.45) is 0. The van der Waals surface area contributed by atoms with E-state index >= 15 is 0 Å². The van der Waals surface area contributed by atoms with Crippen molar-refractivity contribution in [2.45, 2.75) is 16.1 Å². The fourth-order valence-electron chi connectivity index (χ4n) is 3.08. The van der Waals surface area contributed by atoms with Crippen LogP contribution in [0.2, 0.25) is 5.02 Å². The first-order valence-corrected chi connectivity index (χ1v) is 8.97. The van der Waals surface area contributed by atoms with E-state index in [1.54, 1.807) is 36.4 Å². The number of hydrogen-bond acceptors (Lipinski definition) is 4. The van der Waals surface area contributed by atoms with Crippen LogP contribution in [0, 0.1) is 16.7 Å². The van der Waals surface area contributed by atoms with E-state index in [9.17, 15) is 23.6 Å². The lowest BCUT2D eigenvalue weighted by Gasteiger charge is -2.05. The quantitative estimate of drug-likeness (QED) is 0.903. The number of aliphatic carboxylic acids is 1. The van der Waals surface area contributed by atoms with Gasteiger partial charge in [0.05, 0.1) is 11.0 Å². The predicted octanol–water partition coefficient (Wildman–Crippen LogP) is 2.87. The first kappa shape index (κ1) is 16.5. The number of carbonyl (C=O) groups is 1. The van der Waals surface area contributed by atoms with E-state index in [1.165, 1.54) is 24.3 Å². The molecule has 1 saturated carbocycles. The van der Waals surface area contributed by atoms with Crippen molar-refractivity contribution >= 4 is 27.4 Å². The molecule has 0 amide bonds. The van der Waals surface area contributed by atoms with Crippen molar-refractivity contribution in [3.05, 3.63) is 65.2 Å². The number of benzene rings is 2. The average Bonchev–Trinajstić information content (AvgIpc) is 3.28. The van der Waals surface area contributed by atoms with Crippen molar-refractivity contribution in [3.8, 4) is 6.07 Å². The van der Waals surface area contributed by atoms with Gasteiger partial charge in [0, 0.05) is 10.9 Å². The highest BCUT2D eigenvalue weighted by atomic mass is 35.5. The van der Waals surface area contributed by atoms with E-state index in [2.05, 4.69) is 0 Å². The lowest BCUT2D eigenvalue weighted by molar-refractivity contribution is -0.141. The molecule has 2 aromatic carbocycles. The summed E-state index contributed by atoms with van der Waals surface area (Å²) in [7, 11) is -4.01. The number of nitrogens with zero attached hydrogens (tertiary/aromatic N) is 1. The van der Waals surface area contributed by atoms with Gasteiger partial charge in [-0.1, -0.05) is 41.9 Å². The summed E-state index contributed by atoms with van der Waals surface area (Å²) in [4.78, 5) is 11.7. The normalized spacial score (nSPS) is 25.7. The molecule has 0 aliphatic heterocycles. The summed E-state index contributed by atoms with van der Waals surface area (Å²) in [6.45, 7) is 0. The third-order valence-corrected chi connectivity index (χ3v) is 6.80. The van der Waals surface area contributed by atoms with Gasteiger partial charge >= 0.3 is 5.97 Å². The van der Waals surface area contributed by atoms with E-state index in [-0.39, 0.29) is 4.90 Å². The van der Waals surface area contributed by atoms with Crippen LogP contribution >= 0.6 is 11.6 Å². The smallest absolute Gasteiger partial charge is 0.326 e. The van der Waals surface area contributed by atoms with E-state index in [1.807, 2.05) is 0 Å². The second kappa shape index (κ2) is 5.62. The van der Waals surface area contributed by atoms with Crippen LogP contribution in [0.4, 0.5) is 0 Å². The zero-order valence-corrected chi connectivity index (χ0v) is 13.8. The average molecular weight is 362 g/mol.